The maximum Gasteiger partial charge on any atom is 1.00 e. The monoisotopic (exact) mass is 391 g/mol. The van der Waals surface area contributed by atoms with Crippen molar-refractivity contribution < 1.29 is 88.4 Å². The van der Waals surface area contributed by atoms with E-state index >= 15 is 0 Å². The fourth-order valence-corrected chi connectivity index (χ4v) is 3.67. The summed E-state index contributed by atoms with van der Waals surface area (Å²) in [6.45, 7) is -0.697. The van der Waals surface area contributed by atoms with Crippen molar-refractivity contribution in [2.75, 3.05) is 12.3 Å². The first-order valence-electron chi connectivity index (χ1n) is 6.42. The Balaban J connectivity index is 0.00000156. The van der Waals surface area contributed by atoms with E-state index in [1.807, 2.05) is 0 Å². The van der Waals surface area contributed by atoms with E-state index in [1.54, 1.807) is 0 Å². The average molecular weight is 391 g/mol. The number of hydrogen-bond acceptors (Lipinski definition) is 10. The van der Waals surface area contributed by atoms with Crippen molar-refractivity contribution in [3.05, 3.63) is 16.7 Å². The topological polar surface area (TPSA) is 202 Å². The molecule has 1 aliphatic rings. The van der Waals surface area contributed by atoms with Crippen LogP contribution in [-0.2, 0) is 9.30 Å². The third-order valence-corrected chi connectivity index (χ3v) is 4.90. The number of H-pyrrole nitrogens is 1. The third kappa shape index (κ3) is 4.21. The van der Waals surface area contributed by atoms with Crippen LogP contribution in [0.2, 0.25) is 0 Å². The Bertz CT molecular complexity index is 854. The number of ether oxygens (including phenoxy) is 1. The number of nitrogen functional groups attached to an aromatic ring is 1. The first-order chi connectivity index (χ1) is 10.7. The zero-order valence-corrected chi connectivity index (χ0v) is 18.3. The molecule has 12 nitrogen and oxygen atoms in total. The van der Waals surface area contributed by atoms with Crippen molar-refractivity contribution in [3.8, 4) is 0 Å². The van der Waals surface area contributed by atoms with E-state index in [-0.39, 0.29) is 76.2 Å². The largest absolute Gasteiger partial charge is 1.00 e. The van der Waals surface area contributed by atoms with Crippen LogP contribution in [0.1, 0.15) is 6.23 Å². The third-order valence-electron chi connectivity index (χ3n) is 3.61. The van der Waals surface area contributed by atoms with Gasteiger partial charge in [0.25, 0.3) is 5.56 Å². The maximum atomic E-state index is 11.7. The molecule has 0 aliphatic carbocycles. The van der Waals surface area contributed by atoms with Crippen LogP contribution >= 0.6 is 7.60 Å². The zero-order chi connectivity index (χ0) is 16.9. The van der Waals surface area contributed by atoms with Gasteiger partial charge in [0, 0.05) is 0 Å². The van der Waals surface area contributed by atoms with Gasteiger partial charge in [0.05, 0.1) is 24.7 Å². The Labute approximate surface area is 184 Å². The number of aromatic nitrogens is 4. The molecule has 2 aromatic rings. The van der Waals surface area contributed by atoms with Crippen LogP contribution in [0.4, 0.5) is 5.95 Å². The van der Waals surface area contributed by atoms with Crippen LogP contribution in [0.25, 0.3) is 11.2 Å². The molecule has 0 spiro atoms. The van der Waals surface area contributed by atoms with Crippen molar-refractivity contribution in [3.63, 3.8) is 0 Å². The second kappa shape index (κ2) is 8.46. The van der Waals surface area contributed by atoms with Crippen LogP contribution in [0.15, 0.2) is 11.1 Å². The van der Waals surface area contributed by atoms with Gasteiger partial charge in [-0.1, -0.05) is 7.60 Å². The molecular weight excluding hydrogens is 379 g/mol. The summed E-state index contributed by atoms with van der Waals surface area (Å²) in [5.74, 6) is -0.245. The van der Waals surface area contributed by atoms with E-state index < -0.39 is 43.9 Å². The van der Waals surface area contributed by atoms with Gasteiger partial charge in [-0.2, -0.15) is 4.98 Å². The Morgan fingerprint density at radius 1 is 1.44 bits per heavy atom. The van der Waals surface area contributed by atoms with Gasteiger partial charge in [-0.05, 0) is 0 Å². The number of aliphatic hydroxyl groups excluding tert-OH is 2. The Morgan fingerprint density at radius 3 is 2.64 bits per heavy atom. The molecule has 5 N–H and O–H groups in total. The van der Waals surface area contributed by atoms with E-state index in [2.05, 4.69) is 15.0 Å². The van der Waals surface area contributed by atoms with Crippen LogP contribution in [0, 0.1) is 0 Å². The predicted molar refractivity (Wildman–Crippen MR) is 71.0 cm³/mol. The SMILES string of the molecule is Nc1nc2c(ncn2C2OC(CO)C(O)C2P(=O)([O-])[O-])c(=O)[nH]1.[Na+].[Na+]. The number of imidazole rings is 1. The Morgan fingerprint density at radius 2 is 2.08 bits per heavy atom. The first kappa shape index (κ1) is 23.2. The second-order valence-corrected chi connectivity index (χ2v) is 6.72. The zero-order valence-electron chi connectivity index (χ0n) is 13.4. The molecule has 4 unspecified atom stereocenters. The number of nitrogens with two attached hydrogens (primary N) is 1. The van der Waals surface area contributed by atoms with Crippen molar-refractivity contribution in [2.45, 2.75) is 24.1 Å². The standard InChI is InChI=1S/C10H14N5O7P.2Na/c11-10-13-7-4(8(18)14-10)12-2-15(7)9-6(23(19,20)21)5(17)3(1-16)22-9;;/h2-3,5-6,9,16-17H,1H2,(H2,19,20,21)(H3,11,13,14,18);;/q;2*+1/p-2. The van der Waals surface area contributed by atoms with Crippen LogP contribution < -0.4 is 80.2 Å². The molecule has 25 heavy (non-hydrogen) atoms. The van der Waals surface area contributed by atoms with Gasteiger partial charge in [0.15, 0.2) is 11.2 Å². The molecule has 0 bridgehead atoms. The molecule has 126 valence electrons. The summed E-state index contributed by atoms with van der Waals surface area (Å²) < 4.78 is 17.8. The molecule has 2 aromatic heterocycles. The number of aliphatic hydroxyl groups is 2. The molecule has 4 atom stereocenters. The van der Waals surface area contributed by atoms with Gasteiger partial charge in [-0.15, -0.1) is 0 Å². The van der Waals surface area contributed by atoms with E-state index in [4.69, 9.17) is 15.6 Å². The van der Waals surface area contributed by atoms with E-state index in [0.29, 0.717) is 0 Å². The number of hydrogen-bond donors (Lipinski definition) is 4. The summed E-state index contributed by atoms with van der Waals surface area (Å²) in [4.78, 5) is 44.5. The summed E-state index contributed by atoms with van der Waals surface area (Å²) in [5, 5.41) is 19.1. The molecule has 1 aliphatic heterocycles. The normalized spacial score (nSPS) is 26.2. The predicted octanol–water partition coefficient (Wildman–Crippen LogP) is -9.76. The van der Waals surface area contributed by atoms with Gasteiger partial charge in [-0.3, -0.25) is 14.3 Å². The summed E-state index contributed by atoms with van der Waals surface area (Å²) in [6.07, 6.45) is -3.46. The van der Waals surface area contributed by atoms with Crippen molar-refractivity contribution in [1.82, 2.24) is 19.5 Å². The molecule has 15 heteroatoms. The number of fused-ring (bicyclic) bond motifs is 1. The minimum atomic E-state index is -5.30. The second-order valence-electron chi connectivity index (χ2n) is 5.04. The van der Waals surface area contributed by atoms with Crippen LogP contribution in [-0.4, -0.2) is 54.2 Å². The van der Waals surface area contributed by atoms with E-state index in [9.17, 15) is 24.3 Å². The molecule has 3 heterocycles. The minimum absolute atomic E-state index is 0. The van der Waals surface area contributed by atoms with Crippen molar-refractivity contribution in [1.29, 1.82) is 0 Å². The summed E-state index contributed by atoms with van der Waals surface area (Å²) >= 11 is 0. The average Bonchev–Trinajstić information content (AvgIpc) is 2.98. The molecule has 1 saturated heterocycles. The van der Waals surface area contributed by atoms with Crippen molar-refractivity contribution in [2.24, 2.45) is 0 Å². The molecule has 0 aromatic carbocycles. The fraction of sp³-hybridized carbons (Fsp3) is 0.500. The molecule has 0 amide bonds. The number of anilines is 1. The minimum Gasteiger partial charge on any atom is -0.810 e. The van der Waals surface area contributed by atoms with Gasteiger partial charge < -0.3 is 35.0 Å². The van der Waals surface area contributed by atoms with Crippen LogP contribution in [0.3, 0.4) is 0 Å². The molecule has 1 fully saturated rings. The fourth-order valence-electron chi connectivity index (χ4n) is 2.58. The van der Waals surface area contributed by atoms with Gasteiger partial charge >= 0.3 is 59.1 Å². The number of nitrogens with one attached hydrogen (secondary N) is 1. The number of aromatic amines is 1. The van der Waals surface area contributed by atoms with Gasteiger partial charge in [0.1, 0.15) is 12.3 Å². The first-order valence-corrected chi connectivity index (χ1v) is 8.03. The van der Waals surface area contributed by atoms with E-state index in [0.717, 1.165) is 10.9 Å². The number of nitrogens with zero attached hydrogens (tertiary/aromatic N) is 3. The van der Waals surface area contributed by atoms with Gasteiger partial charge in [0.2, 0.25) is 5.95 Å². The molecule has 3 rings (SSSR count). The molecule has 0 saturated carbocycles. The molecule has 0 radical (unpaired) electrons. The maximum absolute atomic E-state index is 11.7. The van der Waals surface area contributed by atoms with Crippen molar-refractivity contribution >= 4 is 24.7 Å². The quantitative estimate of drug-likeness (QED) is 0.287. The Hall–Kier alpha value is 0.180. The van der Waals surface area contributed by atoms with Crippen LogP contribution in [0.5, 0.6) is 0 Å². The van der Waals surface area contributed by atoms with E-state index in [1.165, 1.54) is 0 Å². The summed E-state index contributed by atoms with van der Waals surface area (Å²) in [5.41, 5.74) is 2.65. The number of rotatable bonds is 3. The Kier molecular flexibility index (Phi) is 7.86. The van der Waals surface area contributed by atoms with Gasteiger partial charge in [-0.25, -0.2) is 4.98 Å². The smallest absolute Gasteiger partial charge is 0.810 e. The molecular formula is C10H12N5Na2O7P. The summed E-state index contributed by atoms with van der Waals surface area (Å²) in [7, 11) is -5.30. The summed E-state index contributed by atoms with van der Waals surface area (Å²) in [6, 6.07) is 0.